The van der Waals surface area contributed by atoms with Gasteiger partial charge in [0.2, 0.25) is 0 Å². The van der Waals surface area contributed by atoms with Crippen molar-refractivity contribution >= 4 is 28.3 Å². The minimum atomic E-state index is 0.663. The van der Waals surface area contributed by atoms with Gasteiger partial charge in [-0.25, -0.2) is 0 Å². The number of benzene rings is 1. The summed E-state index contributed by atoms with van der Waals surface area (Å²) in [6.07, 6.45) is 4.04. The van der Waals surface area contributed by atoms with Gasteiger partial charge in [0, 0.05) is 15.3 Å². The monoisotopic (exact) mass is 329 g/mol. The Balaban J connectivity index is 1.96. The first-order valence-electron chi connectivity index (χ1n) is 6.17. The molecule has 2 heteroatoms. The molecular weight excluding hydrogens is 309 g/mol. The first-order chi connectivity index (χ1) is 7.65. The minimum absolute atomic E-state index is 0.663. The predicted molar refractivity (Wildman–Crippen MR) is 78.7 cm³/mol. The van der Waals surface area contributed by atoms with Crippen molar-refractivity contribution in [2.45, 2.75) is 39.2 Å². The standard InChI is InChI=1S/C14H20IN/c1-10-3-8-14(11(2)9-10)16-13-6-4-12(15)5-7-13/h4-7,10-11,14,16H,3,8-9H2,1-2H3. The van der Waals surface area contributed by atoms with Crippen molar-refractivity contribution in [1.82, 2.24) is 0 Å². The van der Waals surface area contributed by atoms with Crippen LogP contribution in [0.15, 0.2) is 24.3 Å². The molecule has 3 atom stereocenters. The van der Waals surface area contributed by atoms with E-state index in [4.69, 9.17) is 0 Å². The average Bonchev–Trinajstić information content (AvgIpc) is 2.25. The van der Waals surface area contributed by atoms with Gasteiger partial charge in [-0.2, -0.15) is 0 Å². The topological polar surface area (TPSA) is 12.0 Å². The van der Waals surface area contributed by atoms with Crippen LogP contribution in [0.4, 0.5) is 5.69 Å². The molecule has 0 saturated heterocycles. The molecule has 0 bridgehead atoms. The van der Waals surface area contributed by atoms with Crippen LogP contribution < -0.4 is 5.32 Å². The highest BCUT2D eigenvalue weighted by Crippen LogP contribution is 2.30. The molecule has 1 aliphatic rings. The molecule has 16 heavy (non-hydrogen) atoms. The van der Waals surface area contributed by atoms with Crippen LogP contribution in [0.5, 0.6) is 0 Å². The molecule has 1 fully saturated rings. The summed E-state index contributed by atoms with van der Waals surface area (Å²) in [6.45, 7) is 4.75. The fourth-order valence-electron chi connectivity index (χ4n) is 2.64. The highest BCUT2D eigenvalue weighted by Gasteiger charge is 2.24. The second-order valence-electron chi connectivity index (χ2n) is 5.15. The molecule has 2 rings (SSSR count). The Hall–Kier alpha value is -0.250. The van der Waals surface area contributed by atoms with Crippen LogP contribution in [-0.2, 0) is 0 Å². The summed E-state index contributed by atoms with van der Waals surface area (Å²) in [5.74, 6) is 1.70. The lowest BCUT2D eigenvalue weighted by Crippen LogP contribution is -2.32. The van der Waals surface area contributed by atoms with E-state index >= 15 is 0 Å². The van der Waals surface area contributed by atoms with Crippen LogP contribution >= 0.6 is 22.6 Å². The van der Waals surface area contributed by atoms with Crippen LogP contribution in [0.1, 0.15) is 33.1 Å². The first kappa shape index (κ1) is 12.2. The van der Waals surface area contributed by atoms with Gasteiger partial charge in [0.25, 0.3) is 0 Å². The van der Waals surface area contributed by atoms with Crippen molar-refractivity contribution in [3.05, 3.63) is 27.8 Å². The maximum absolute atomic E-state index is 3.68. The number of nitrogens with one attached hydrogen (secondary N) is 1. The van der Waals surface area contributed by atoms with Crippen molar-refractivity contribution < 1.29 is 0 Å². The summed E-state index contributed by atoms with van der Waals surface area (Å²) < 4.78 is 1.30. The largest absolute Gasteiger partial charge is 0.382 e. The van der Waals surface area contributed by atoms with Gasteiger partial charge in [-0.05, 0) is 78.0 Å². The van der Waals surface area contributed by atoms with Gasteiger partial charge >= 0.3 is 0 Å². The zero-order chi connectivity index (χ0) is 11.5. The lowest BCUT2D eigenvalue weighted by Gasteiger charge is -2.33. The normalized spacial score (nSPS) is 30.1. The third-order valence-electron chi connectivity index (χ3n) is 3.63. The van der Waals surface area contributed by atoms with Gasteiger partial charge in [-0.3, -0.25) is 0 Å². The second-order valence-corrected chi connectivity index (χ2v) is 6.40. The molecule has 0 heterocycles. The minimum Gasteiger partial charge on any atom is -0.382 e. The number of hydrogen-bond acceptors (Lipinski definition) is 1. The van der Waals surface area contributed by atoms with E-state index in [1.54, 1.807) is 0 Å². The number of rotatable bonds is 2. The SMILES string of the molecule is CC1CCC(Nc2ccc(I)cc2)C(C)C1. The van der Waals surface area contributed by atoms with Crippen molar-refractivity contribution in [2.75, 3.05) is 5.32 Å². The van der Waals surface area contributed by atoms with Crippen molar-refractivity contribution in [3.63, 3.8) is 0 Å². The van der Waals surface area contributed by atoms with Crippen LogP contribution in [0.3, 0.4) is 0 Å². The third-order valence-corrected chi connectivity index (χ3v) is 4.35. The summed E-state index contributed by atoms with van der Waals surface area (Å²) in [4.78, 5) is 0. The first-order valence-corrected chi connectivity index (χ1v) is 7.25. The van der Waals surface area contributed by atoms with Gasteiger partial charge in [0.15, 0.2) is 0 Å². The van der Waals surface area contributed by atoms with E-state index in [0.717, 1.165) is 11.8 Å². The molecule has 0 amide bonds. The summed E-state index contributed by atoms with van der Waals surface area (Å²) in [5, 5.41) is 3.68. The fourth-order valence-corrected chi connectivity index (χ4v) is 3.00. The Labute approximate surface area is 112 Å². The van der Waals surface area contributed by atoms with E-state index in [-0.39, 0.29) is 0 Å². The van der Waals surface area contributed by atoms with Crippen LogP contribution in [0.2, 0.25) is 0 Å². The molecular formula is C14H20IN. The molecule has 1 aromatic rings. The maximum atomic E-state index is 3.68. The lowest BCUT2D eigenvalue weighted by atomic mass is 9.80. The molecule has 1 N–H and O–H groups in total. The zero-order valence-electron chi connectivity index (χ0n) is 10.0. The Morgan fingerprint density at radius 1 is 1.12 bits per heavy atom. The van der Waals surface area contributed by atoms with Crippen LogP contribution in [-0.4, -0.2) is 6.04 Å². The molecule has 1 aliphatic carbocycles. The van der Waals surface area contributed by atoms with Gasteiger partial charge in [0.1, 0.15) is 0 Å². The Bertz CT molecular complexity index is 333. The van der Waals surface area contributed by atoms with E-state index in [9.17, 15) is 0 Å². The fraction of sp³-hybridized carbons (Fsp3) is 0.571. The number of hydrogen-bond donors (Lipinski definition) is 1. The Morgan fingerprint density at radius 2 is 1.81 bits per heavy atom. The number of halogens is 1. The van der Waals surface area contributed by atoms with Crippen molar-refractivity contribution in [2.24, 2.45) is 11.8 Å². The highest BCUT2D eigenvalue weighted by atomic mass is 127. The summed E-state index contributed by atoms with van der Waals surface area (Å²) in [7, 11) is 0. The van der Waals surface area contributed by atoms with E-state index in [0.29, 0.717) is 6.04 Å². The van der Waals surface area contributed by atoms with Gasteiger partial charge in [-0.15, -0.1) is 0 Å². The van der Waals surface area contributed by atoms with E-state index in [1.165, 1.54) is 28.5 Å². The van der Waals surface area contributed by atoms with Crippen molar-refractivity contribution in [3.8, 4) is 0 Å². The summed E-state index contributed by atoms with van der Waals surface area (Å²) in [5.41, 5.74) is 1.27. The van der Waals surface area contributed by atoms with Gasteiger partial charge in [-0.1, -0.05) is 13.8 Å². The predicted octanol–water partition coefficient (Wildman–Crippen LogP) is 4.53. The summed E-state index contributed by atoms with van der Waals surface area (Å²) in [6, 6.07) is 9.37. The summed E-state index contributed by atoms with van der Waals surface area (Å²) >= 11 is 2.35. The molecule has 1 aromatic carbocycles. The second kappa shape index (κ2) is 5.39. The number of anilines is 1. The molecule has 1 saturated carbocycles. The molecule has 0 aliphatic heterocycles. The lowest BCUT2D eigenvalue weighted by molar-refractivity contribution is 0.276. The van der Waals surface area contributed by atoms with Crippen LogP contribution in [0, 0.1) is 15.4 Å². The van der Waals surface area contributed by atoms with Crippen molar-refractivity contribution in [1.29, 1.82) is 0 Å². The molecule has 1 nitrogen and oxygen atoms in total. The maximum Gasteiger partial charge on any atom is 0.0343 e. The van der Waals surface area contributed by atoms with E-state index < -0.39 is 0 Å². The highest BCUT2D eigenvalue weighted by molar-refractivity contribution is 14.1. The molecule has 3 unspecified atom stereocenters. The Kier molecular flexibility index (Phi) is 4.11. The van der Waals surface area contributed by atoms with Crippen LogP contribution in [0.25, 0.3) is 0 Å². The molecule has 0 radical (unpaired) electrons. The zero-order valence-corrected chi connectivity index (χ0v) is 12.2. The van der Waals surface area contributed by atoms with E-state index in [1.807, 2.05) is 0 Å². The quantitative estimate of drug-likeness (QED) is 0.786. The Morgan fingerprint density at radius 3 is 2.44 bits per heavy atom. The average molecular weight is 329 g/mol. The van der Waals surface area contributed by atoms with Gasteiger partial charge < -0.3 is 5.32 Å². The van der Waals surface area contributed by atoms with E-state index in [2.05, 4.69) is 66.0 Å². The smallest absolute Gasteiger partial charge is 0.0343 e. The van der Waals surface area contributed by atoms with Gasteiger partial charge in [0.05, 0.1) is 0 Å². The molecule has 88 valence electrons. The molecule has 0 aromatic heterocycles. The molecule has 0 spiro atoms. The third kappa shape index (κ3) is 3.12.